The molecule has 3 rings (SSSR count). The Bertz CT molecular complexity index is 589. The number of benzene rings is 1. The molecule has 0 aromatic heterocycles. The van der Waals surface area contributed by atoms with Crippen LogP contribution in [-0.2, 0) is 11.2 Å². The number of halogens is 3. The van der Waals surface area contributed by atoms with E-state index in [1.165, 1.54) is 12.1 Å². The molecule has 1 aliphatic carbocycles. The Morgan fingerprint density at radius 2 is 2.10 bits per heavy atom. The quantitative estimate of drug-likeness (QED) is 0.715. The minimum absolute atomic E-state index is 0.0671. The fourth-order valence-electron chi connectivity index (χ4n) is 2.93. The SMILES string of the molecule is C[C@H]1CCc2cc(F)ccc2N1C(=O)[C@]1(C)CC1(Cl)Cl. The molecule has 0 unspecified atom stereocenters. The molecule has 1 heterocycles. The minimum atomic E-state index is -0.985. The number of alkyl halides is 2. The maximum Gasteiger partial charge on any atom is 0.236 e. The van der Waals surface area contributed by atoms with Crippen molar-refractivity contribution < 1.29 is 9.18 Å². The van der Waals surface area contributed by atoms with Crippen LogP contribution in [0.25, 0.3) is 0 Å². The first-order chi connectivity index (χ1) is 9.26. The average Bonchev–Trinajstić information content (AvgIpc) is 2.89. The number of carbonyl (C=O) groups excluding carboxylic acids is 1. The van der Waals surface area contributed by atoms with Crippen molar-refractivity contribution in [2.75, 3.05) is 4.90 Å². The number of fused-ring (bicyclic) bond motifs is 1. The van der Waals surface area contributed by atoms with Gasteiger partial charge in [0.25, 0.3) is 0 Å². The van der Waals surface area contributed by atoms with Gasteiger partial charge in [0.05, 0.1) is 5.41 Å². The van der Waals surface area contributed by atoms with Gasteiger partial charge in [0.15, 0.2) is 0 Å². The molecule has 0 bridgehead atoms. The zero-order chi connectivity index (χ0) is 14.7. The summed E-state index contributed by atoms with van der Waals surface area (Å²) < 4.78 is 12.4. The number of amides is 1. The van der Waals surface area contributed by atoms with E-state index in [2.05, 4.69) is 0 Å². The van der Waals surface area contributed by atoms with E-state index in [1.54, 1.807) is 17.9 Å². The minimum Gasteiger partial charge on any atom is -0.309 e. The van der Waals surface area contributed by atoms with Crippen molar-refractivity contribution in [2.24, 2.45) is 5.41 Å². The smallest absolute Gasteiger partial charge is 0.236 e. The van der Waals surface area contributed by atoms with Crippen molar-refractivity contribution in [3.8, 4) is 0 Å². The molecule has 1 saturated carbocycles. The topological polar surface area (TPSA) is 20.3 Å². The lowest BCUT2D eigenvalue weighted by molar-refractivity contribution is -0.123. The van der Waals surface area contributed by atoms with Gasteiger partial charge in [-0.2, -0.15) is 0 Å². The zero-order valence-electron chi connectivity index (χ0n) is 11.4. The summed E-state index contributed by atoms with van der Waals surface area (Å²) in [6.45, 7) is 3.79. The third-order valence-corrected chi connectivity index (χ3v) is 5.62. The highest BCUT2D eigenvalue weighted by Crippen LogP contribution is 2.65. The number of anilines is 1. The number of aryl methyl sites for hydroxylation is 1. The van der Waals surface area contributed by atoms with Crippen molar-refractivity contribution in [1.29, 1.82) is 0 Å². The molecule has 108 valence electrons. The number of rotatable bonds is 1. The van der Waals surface area contributed by atoms with Crippen LogP contribution in [0.1, 0.15) is 32.3 Å². The lowest BCUT2D eigenvalue weighted by Crippen LogP contribution is -2.46. The second kappa shape index (κ2) is 4.35. The molecule has 1 aliphatic heterocycles. The lowest BCUT2D eigenvalue weighted by Gasteiger charge is -2.37. The summed E-state index contributed by atoms with van der Waals surface area (Å²) in [7, 11) is 0. The van der Waals surface area contributed by atoms with Gasteiger partial charge in [-0.25, -0.2) is 4.39 Å². The van der Waals surface area contributed by atoms with Gasteiger partial charge in [0.1, 0.15) is 10.2 Å². The molecule has 1 amide bonds. The number of nitrogens with zero attached hydrogens (tertiary/aromatic N) is 1. The van der Waals surface area contributed by atoms with E-state index in [1.807, 2.05) is 6.92 Å². The Balaban J connectivity index is 2.00. The molecule has 1 aromatic carbocycles. The zero-order valence-corrected chi connectivity index (χ0v) is 12.9. The highest BCUT2D eigenvalue weighted by atomic mass is 35.5. The van der Waals surface area contributed by atoms with Crippen LogP contribution in [0.5, 0.6) is 0 Å². The van der Waals surface area contributed by atoms with Crippen LogP contribution >= 0.6 is 23.2 Å². The van der Waals surface area contributed by atoms with E-state index in [9.17, 15) is 9.18 Å². The summed E-state index contributed by atoms with van der Waals surface area (Å²) in [6.07, 6.45) is 2.05. The van der Waals surface area contributed by atoms with Gasteiger partial charge in [-0.15, -0.1) is 23.2 Å². The van der Waals surface area contributed by atoms with E-state index < -0.39 is 9.75 Å². The summed E-state index contributed by atoms with van der Waals surface area (Å²) in [4.78, 5) is 14.6. The second-order valence-electron chi connectivity index (χ2n) is 6.05. The van der Waals surface area contributed by atoms with E-state index in [0.29, 0.717) is 6.42 Å². The van der Waals surface area contributed by atoms with E-state index in [-0.39, 0.29) is 17.8 Å². The highest BCUT2D eigenvalue weighted by molar-refractivity contribution is 6.53. The summed E-state index contributed by atoms with van der Waals surface area (Å²) in [5.41, 5.74) is 0.913. The van der Waals surface area contributed by atoms with Crippen LogP contribution in [0.4, 0.5) is 10.1 Å². The monoisotopic (exact) mass is 315 g/mol. The van der Waals surface area contributed by atoms with Gasteiger partial charge in [0, 0.05) is 11.7 Å². The van der Waals surface area contributed by atoms with Crippen molar-refractivity contribution in [1.82, 2.24) is 0 Å². The van der Waals surface area contributed by atoms with Gasteiger partial charge in [-0.3, -0.25) is 4.79 Å². The van der Waals surface area contributed by atoms with Gasteiger partial charge in [-0.1, -0.05) is 0 Å². The highest BCUT2D eigenvalue weighted by Gasteiger charge is 2.69. The largest absolute Gasteiger partial charge is 0.309 e. The van der Waals surface area contributed by atoms with Crippen molar-refractivity contribution in [3.05, 3.63) is 29.6 Å². The molecule has 2 nitrogen and oxygen atoms in total. The van der Waals surface area contributed by atoms with Gasteiger partial charge >= 0.3 is 0 Å². The summed E-state index contributed by atoms with van der Waals surface area (Å²) in [5, 5.41) is 0. The van der Waals surface area contributed by atoms with Crippen LogP contribution in [0.15, 0.2) is 18.2 Å². The van der Waals surface area contributed by atoms with E-state index in [0.717, 1.165) is 24.1 Å². The number of hydrogen-bond acceptors (Lipinski definition) is 1. The van der Waals surface area contributed by atoms with E-state index in [4.69, 9.17) is 23.2 Å². The van der Waals surface area contributed by atoms with E-state index >= 15 is 0 Å². The van der Waals surface area contributed by atoms with Gasteiger partial charge < -0.3 is 4.90 Å². The fraction of sp³-hybridized carbons (Fsp3) is 0.533. The first kappa shape index (κ1) is 14.2. The number of hydrogen-bond donors (Lipinski definition) is 0. The summed E-state index contributed by atoms with van der Waals surface area (Å²) >= 11 is 12.2. The first-order valence-electron chi connectivity index (χ1n) is 6.76. The van der Waals surface area contributed by atoms with Crippen molar-refractivity contribution in [3.63, 3.8) is 0 Å². The molecule has 0 saturated heterocycles. The molecular formula is C15H16Cl2FNO. The van der Waals surface area contributed by atoms with Crippen LogP contribution in [0.2, 0.25) is 0 Å². The van der Waals surface area contributed by atoms with Gasteiger partial charge in [-0.05, 0) is 56.9 Å². The van der Waals surface area contributed by atoms with Crippen LogP contribution in [0.3, 0.4) is 0 Å². The van der Waals surface area contributed by atoms with Crippen LogP contribution < -0.4 is 4.90 Å². The number of carbonyl (C=O) groups is 1. The lowest BCUT2D eigenvalue weighted by atomic mass is 9.94. The molecule has 1 fully saturated rings. The molecule has 2 aliphatic rings. The summed E-state index contributed by atoms with van der Waals surface area (Å²) in [6, 6.07) is 4.64. The molecule has 2 atom stereocenters. The Morgan fingerprint density at radius 1 is 1.45 bits per heavy atom. The van der Waals surface area contributed by atoms with Crippen molar-refractivity contribution >= 4 is 34.8 Å². The maximum atomic E-state index is 13.3. The normalized spacial score (nSPS) is 30.9. The Hall–Kier alpha value is -0.800. The fourth-order valence-corrected chi connectivity index (χ4v) is 3.62. The second-order valence-corrected chi connectivity index (χ2v) is 7.53. The standard InChI is InChI=1S/C15H16Cl2FNO/c1-9-3-4-10-7-11(18)5-6-12(10)19(9)13(20)14(2)8-15(14,16)17/h5-7,9H,3-4,8H2,1-2H3/t9-,14-/m0/s1. The Kier molecular flexibility index (Phi) is 3.07. The Morgan fingerprint density at radius 3 is 2.70 bits per heavy atom. The molecule has 1 aromatic rings. The summed E-state index contributed by atoms with van der Waals surface area (Å²) in [5.74, 6) is -0.338. The third-order valence-electron chi connectivity index (χ3n) is 4.52. The predicted octanol–water partition coefficient (Wildman–Crippen LogP) is 4.08. The molecule has 20 heavy (non-hydrogen) atoms. The predicted molar refractivity (Wildman–Crippen MR) is 78.8 cm³/mol. The van der Waals surface area contributed by atoms with Crippen LogP contribution in [-0.4, -0.2) is 16.3 Å². The van der Waals surface area contributed by atoms with Crippen molar-refractivity contribution in [2.45, 2.75) is 43.5 Å². The van der Waals surface area contributed by atoms with Crippen LogP contribution in [0, 0.1) is 11.2 Å². The maximum absolute atomic E-state index is 13.3. The molecule has 0 N–H and O–H groups in total. The third kappa shape index (κ3) is 1.94. The molecule has 0 spiro atoms. The molecule has 0 radical (unpaired) electrons. The Labute approximate surface area is 127 Å². The molecule has 5 heteroatoms. The average molecular weight is 316 g/mol. The molecular weight excluding hydrogens is 300 g/mol. The first-order valence-corrected chi connectivity index (χ1v) is 7.52. The van der Waals surface area contributed by atoms with Gasteiger partial charge in [0.2, 0.25) is 5.91 Å².